The van der Waals surface area contributed by atoms with Gasteiger partial charge in [0, 0.05) is 7.11 Å². The molecule has 0 spiro atoms. The summed E-state index contributed by atoms with van der Waals surface area (Å²) in [6.45, 7) is 0.377. The first kappa shape index (κ1) is 14.0. The van der Waals surface area contributed by atoms with E-state index in [4.69, 9.17) is 0 Å². The van der Waals surface area contributed by atoms with Gasteiger partial charge in [0.15, 0.2) is 6.79 Å². The Morgan fingerprint density at radius 3 is 2.29 bits per heavy atom. The third-order valence-electron chi connectivity index (χ3n) is 1.34. The lowest BCUT2D eigenvalue weighted by atomic mass is 10.5. The van der Waals surface area contributed by atoms with Crippen molar-refractivity contribution in [3.63, 3.8) is 0 Å². The Morgan fingerprint density at radius 1 is 1.29 bits per heavy atom. The smallest absolute Gasteiger partial charge is 0.270 e. The van der Waals surface area contributed by atoms with Crippen molar-refractivity contribution in [2.75, 3.05) is 48.2 Å². The topological polar surface area (TPSA) is 67.8 Å². The minimum Gasteiger partial charge on any atom is -0.756 e. The van der Waals surface area contributed by atoms with Gasteiger partial charge in [-0.1, -0.05) is 0 Å². The average molecular weight is 227 g/mol. The first-order chi connectivity index (χ1) is 6.27. The van der Waals surface area contributed by atoms with Crippen molar-refractivity contribution in [1.29, 1.82) is 0 Å². The van der Waals surface area contributed by atoms with E-state index >= 15 is 0 Å². The Balaban J connectivity index is 3.71. The SMILES string of the molecule is COCOP(=O)([O-])OCC[N+](C)(C)C. The van der Waals surface area contributed by atoms with Crippen LogP contribution in [0.5, 0.6) is 0 Å². The van der Waals surface area contributed by atoms with Crippen LogP contribution in [0.3, 0.4) is 0 Å². The van der Waals surface area contributed by atoms with Gasteiger partial charge in [-0.2, -0.15) is 0 Å². The fourth-order valence-electron chi connectivity index (χ4n) is 0.581. The molecule has 0 fully saturated rings. The molecule has 0 aromatic carbocycles. The third-order valence-corrected chi connectivity index (χ3v) is 2.26. The molecule has 0 aliphatic carbocycles. The van der Waals surface area contributed by atoms with Crippen molar-refractivity contribution in [3.8, 4) is 0 Å². The predicted octanol–water partition coefficient (Wildman–Crippen LogP) is -0.202. The second kappa shape index (κ2) is 5.80. The van der Waals surface area contributed by atoms with Gasteiger partial charge in [0.25, 0.3) is 7.82 Å². The van der Waals surface area contributed by atoms with E-state index in [1.807, 2.05) is 21.1 Å². The number of quaternary nitrogens is 1. The number of hydrogen-bond donors (Lipinski definition) is 0. The number of methoxy groups -OCH3 is 1. The van der Waals surface area contributed by atoms with Crippen LogP contribution in [-0.2, 0) is 18.3 Å². The van der Waals surface area contributed by atoms with Gasteiger partial charge in [0.05, 0.1) is 21.1 Å². The van der Waals surface area contributed by atoms with E-state index in [0.29, 0.717) is 11.0 Å². The molecule has 6 nitrogen and oxygen atoms in total. The average Bonchev–Trinajstić information content (AvgIpc) is 1.98. The van der Waals surface area contributed by atoms with Gasteiger partial charge in [0.1, 0.15) is 13.2 Å². The number of likely N-dealkylation sites (N-methyl/N-ethyl adjacent to an activating group) is 1. The van der Waals surface area contributed by atoms with Crippen LogP contribution in [0, 0.1) is 0 Å². The molecule has 14 heavy (non-hydrogen) atoms. The van der Waals surface area contributed by atoms with Crippen LogP contribution in [0.15, 0.2) is 0 Å². The van der Waals surface area contributed by atoms with Gasteiger partial charge in [-0.05, 0) is 0 Å². The lowest BCUT2D eigenvalue weighted by Gasteiger charge is -2.26. The number of hydrogen-bond acceptors (Lipinski definition) is 5. The van der Waals surface area contributed by atoms with Gasteiger partial charge in [-0.15, -0.1) is 0 Å². The molecular formula is C7H18NO5P. The Labute approximate surface area is 84.6 Å². The lowest BCUT2D eigenvalue weighted by molar-refractivity contribution is -0.870. The van der Waals surface area contributed by atoms with E-state index in [1.165, 1.54) is 7.11 Å². The summed E-state index contributed by atoms with van der Waals surface area (Å²) in [5.41, 5.74) is 0. The molecule has 0 N–H and O–H groups in total. The van der Waals surface area contributed by atoms with E-state index in [-0.39, 0.29) is 13.4 Å². The van der Waals surface area contributed by atoms with Crippen LogP contribution in [0.25, 0.3) is 0 Å². The largest absolute Gasteiger partial charge is 0.756 e. The molecule has 0 aliphatic heterocycles. The first-order valence-electron chi connectivity index (χ1n) is 4.16. The minimum absolute atomic E-state index is 0.105. The molecule has 1 atom stereocenters. The molecule has 0 saturated heterocycles. The summed E-state index contributed by atoms with van der Waals surface area (Å²) in [4.78, 5) is 11.0. The predicted molar refractivity (Wildman–Crippen MR) is 49.4 cm³/mol. The highest BCUT2D eigenvalue weighted by Gasteiger charge is 2.12. The molecule has 0 bridgehead atoms. The van der Waals surface area contributed by atoms with Gasteiger partial charge >= 0.3 is 0 Å². The standard InChI is InChI=1S/C7H18NO5P/c1-8(2,3)5-6-12-14(9,10)13-7-11-4/h5-7H2,1-4H3. The second-order valence-electron chi connectivity index (χ2n) is 3.83. The maximum absolute atomic E-state index is 11.0. The molecule has 0 radical (unpaired) electrons. The van der Waals surface area contributed by atoms with Crippen LogP contribution >= 0.6 is 7.82 Å². The summed E-state index contributed by atoms with van der Waals surface area (Å²) in [6, 6.07) is 0. The maximum atomic E-state index is 11.0. The molecule has 7 heteroatoms. The van der Waals surface area contributed by atoms with Gasteiger partial charge in [-0.25, -0.2) is 0 Å². The van der Waals surface area contributed by atoms with E-state index in [0.717, 1.165) is 0 Å². The molecule has 1 unspecified atom stereocenters. The Morgan fingerprint density at radius 2 is 1.86 bits per heavy atom. The van der Waals surface area contributed by atoms with E-state index in [9.17, 15) is 9.46 Å². The van der Waals surface area contributed by atoms with Crippen molar-refractivity contribution in [1.82, 2.24) is 0 Å². The minimum atomic E-state index is -4.18. The third kappa shape index (κ3) is 8.62. The first-order valence-corrected chi connectivity index (χ1v) is 5.62. The van der Waals surface area contributed by atoms with Crippen LogP contribution in [0.1, 0.15) is 0 Å². The maximum Gasteiger partial charge on any atom is 0.270 e. The van der Waals surface area contributed by atoms with E-state index in [1.54, 1.807) is 0 Å². The summed E-state index contributed by atoms with van der Waals surface area (Å²) in [5, 5.41) is 0. The molecule has 0 aliphatic rings. The zero-order chi connectivity index (χ0) is 11.2. The van der Waals surface area contributed by atoms with Gasteiger partial charge in [0.2, 0.25) is 0 Å². The number of phosphoric acid groups is 1. The molecule has 0 heterocycles. The molecule has 0 saturated carbocycles. The monoisotopic (exact) mass is 227 g/mol. The van der Waals surface area contributed by atoms with Crippen LogP contribution in [-0.4, -0.2) is 52.7 Å². The van der Waals surface area contributed by atoms with Crippen molar-refractivity contribution in [2.24, 2.45) is 0 Å². The molecule has 86 valence electrons. The zero-order valence-corrected chi connectivity index (χ0v) is 9.95. The summed E-state index contributed by atoms with van der Waals surface area (Å²) in [5.74, 6) is 0. The van der Waals surface area contributed by atoms with Gasteiger partial charge < -0.3 is 18.6 Å². The highest BCUT2D eigenvalue weighted by Crippen LogP contribution is 2.37. The summed E-state index contributed by atoms with van der Waals surface area (Å²) in [6.07, 6.45) is 0. The van der Waals surface area contributed by atoms with Crippen molar-refractivity contribution in [2.45, 2.75) is 0 Å². The summed E-state index contributed by atoms with van der Waals surface area (Å²) >= 11 is 0. The molecule has 0 aromatic heterocycles. The second-order valence-corrected chi connectivity index (χ2v) is 5.24. The number of rotatable bonds is 7. The fourth-order valence-corrected chi connectivity index (χ4v) is 1.20. The van der Waals surface area contributed by atoms with Crippen LogP contribution < -0.4 is 4.89 Å². The van der Waals surface area contributed by atoms with E-state index < -0.39 is 7.82 Å². The highest BCUT2D eigenvalue weighted by molar-refractivity contribution is 7.45. The number of ether oxygens (including phenoxy) is 1. The zero-order valence-electron chi connectivity index (χ0n) is 9.06. The van der Waals surface area contributed by atoms with Crippen molar-refractivity contribution < 1.29 is 27.7 Å². The Bertz CT molecular complexity index is 203. The number of phosphoric ester groups is 1. The van der Waals surface area contributed by atoms with Crippen molar-refractivity contribution in [3.05, 3.63) is 0 Å². The summed E-state index contributed by atoms with van der Waals surface area (Å²) in [7, 11) is 2.98. The molecular weight excluding hydrogens is 209 g/mol. The molecule has 0 aromatic rings. The fraction of sp³-hybridized carbons (Fsp3) is 1.00. The normalized spacial score (nSPS) is 16.6. The van der Waals surface area contributed by atoms with Gasteiger partial charge in [-0.3, -0.25) is 9.09 Å². The van der Waals surface area contributed by atoms with Crippen LogP contribution in [0.2, 0.25) is 0 Å². The quantitative estimate of drug-likeness (QED) is 0.342. The van der Waals surface area contributed by atoms with Crippen molar-refractivity contribution >= 4 is 7.82 Å². The molecule has 0 amide bonds. The lowest BCUT2D eigenvalue weighted by Crippen LogP contribution is -2.37. The van der Waals surface area contributed by atoms with E-state index in [2.05, 4.69) is 13.8 Å². The van der Waals surface area contributed by atoms with Crippen LogP contribution in [0.4, 0.5) is 0 Å². The molecule has 0 rings (SSSR count). The number of nitrogens with zero attached hydrogens (tertiary/aromatic N) is 1. The Hall–Kier alpha value is 0.0300. The Kier molecular flexibility index (Phi) is 5.81. The summed E-state index contributed by atoms with van der Waals surface area (Å²) < 4.78 is 25.0. The highest BCUT2D eigenvalue weighted by atomic mass is 31.2.